The number of aryl methyl sites for hydroxylation is 1. The fraction of sp³-hybridized carbons (Fsp3) is 0.100. The normalized spacial score (nSPS) is 15.0. The molecular weight excluding hydrogens is 281 g/mol. The van der Waals surface area contributed by atoms with Gasteiger partial charge < -0.3 is 0 Å². The molecule has 0 aliphatic heterocycles. The highest BCUT2D eigenvalue weighted by atomic mass is 79.9. The predicted octanol–water partition coefficient (Wildman–Crippen LogP) is 2.70. The zero-order valence-electron chi connectivity index (χ0n) is 7.67. The molecule has 76 valence electrons. The smallest absolute Gasteiger partial charge is 0.201 e. The summed E-state index contributed by atoms with van der Waals surface area (Å²) in [6.45, 7) is 1.72. The summed E-state index contributed by atoms with van der Waals surface area (Å²) in [5.41, 5.74) is 1.19. The van der Waals surface area contributed by atoms with Crippen molar-refractivity contribution in [2.24, 2.45) is 0 Å². The Morgan fingerprint density at radius 1 is 1.33 bits per heavy atom. The summed E-state index contributed by atoms with van der Waals surface area (Å²) >= 11 is 8.84. The van der Waals surface area contributed by atoms with Gasteiger partial charge in [0.15, 0.2) is 5.78 Å². The van der Waals surface area contributed by atoms with Gasteiger partial charge in [-0.15, -0.1) is 0 Å². The molecule has 0 atom stereocenters. The zero-order valence-corrected chi connectivity index (χ0v) is 10.0. The summed E-state index contributed by atoms with van der Waals surface area (Å²) in [5.74, 6) is -0.524. The number of hydrogen-bond acceptors (Lipinski definition) is 3. The highest BCUT2D eigenvalue weighted by Crippen LogP contribution is 2.30. The number of carbonyl (C=O) groups excluding carboxylic acids is 2. The number of aromatic nitrogens is 1. The standard InChI is InChI=1S/C10H5BrClNO2/c1-4-3-13-10(12)8-6(14)2-5(11)9(15)7(4)8/h2-3H,1H3. The van der Waals surface area contributed by atoms with Crippen molar-refractivity contribution >= 4 is 39.1 Å². The van der Waals surface area contributed by atoms with Crippen molar-refractivity contribution in [3.05, 3.63) is 38.6 Å². The van der Waals surface area contributed by atoms with E-state index < -0.39 is 0 Å². The van der Waals surface area contributed by atoms with Crippen LogP contribution in [0.2, 0.25) is 5.15 Å². The average molecular weight is 287 g/mol. The van der Waals surface area contributed by atoms with Crippen LogP contribution in [0.1, 0.15) is 26.3 Å². The molecule has 0 fully saturated rings. The van der Waals surface area contributed by atoms with E-state index in [0.29, 0.717) is 11.1 Å². The van der Waals surface area contributed by atoms with Gasteiger partial charge in [-0.1, -0.05) is 11.6 Å². The van der Waals surface area contributed by atoms with Crippen molar-refractivity contribution in [2.75, 3.05) is 0 Å². The van der Waals surface area contributed by atoms with Gasteiger partial charge in [0.05, 0.1) is 10.0 Å². The van der Waals surface area contributed by atoms with E-state index in [0.717, 1.165) is 0 Å². The van der Waals surface area contributed by atoms with Crippen LogP contribution >= 0.6 is 27.5 Å². The van der Waals surface area contributed by atoms with Gasteiger partial charge in [0.1, 0.15) is 5.15 Å². The number of ketones is 2. The lowest BCUT2D eigenvalue weighted by Crippen LogP contribution is -2.17. The minimum atomic E-state index is -0.294. The van der Waals surface area contributed by atoms with E-state index in [4.69, 9.17) is 11.6 Å². The third-order valence-electron chi connectivity index (χ3n) is 2.17. The zero-order chi connectivity index (χ0) is 11.2. The van der Waals surface area contributed by atoms with Gasteiger partial charge in [0, 0.05) is 17.8 Å². The third kappa shape index (κ3) is 1.54. The van der Waals surface area contributed by atoms with Crippen LogP contribution in [0.5, 0.6) is 0 Å². The Kier molecular flexibility index (Phi) is 2.48. The Morgan fingerprint density at radius 3 is 2.67 bits per heavy atom. The number of halogens is 2. The minimum Gasteiger partial charge on any atom is -0.289 e. The van der Waals surface area contributed by atoms with Gasteiger partial charge in [0.2, 0.25) is 5.78 Å². The summed E-state index contributed by atoms with van der Waals surface area (Å²) in [6, 6.07) is 0. The lowest BCUT2D eigenvalue weighted by atomic mass is 9.93. The van der Waals surface area contributed by atoms with Crippen LogP contribution in [0.3, 0.4) is 0 Å². The van der Waals surface area contributed by atoms with E-state index in [1.54, 1.807) is 6.92 Å². The first-order valence-corrected chi connectivity index (χ1v) is 5.31. The molecule has 0 unspecified atom stereocenters. The molecule has 1 heterocycles. The van der Waals surface area contributed by atoms with Crippen LogP contribution in [-0.4, -0.2) is 16.6 Å². The largest absolute Gasteiger partial charge is 0.289 e. The van der Waals surface area contributed by atoms with Gasteiger partial charge in [-0.3, -0.25) is 9.59 Å². The number of hydrogen-bond donors (Lipinski definition) is 0. The Labute approximate surface area is 99.3 Å². The van der Waals surface area contributed by atoms with E-state index >= 15 is 0 Å². The molecule has 5 heteroatoms. The molecule has 1 aromatic heterocycles. The SMILES string of the molecule is Cc1cnc(Cl)c2c1C(=O)C(Br)=CC2=O. The molecule has 15 heavy (non-hydrogen) atoms. The van der Waals surface area contributed by atoms with Gasteiger partial charge in [-0.05, 0) is 28.4 Å². The number of allylic oxidation sites excluding steroid dienone is 2. The number of pyridine rings is 1. The minimum absolute atomic E-state index is 0.0743. The molecule has 0 spiro atoms. The molecule has 0 bridgehead atoms. The summed E-state index contributed by atoms with van der Waals surface area (Å²) in [4.78, 5) is 27.3. The second-order valence-corrected chi connectivity index (χ2v) is 4.38. The quantitative estimate of drug-likeness (QED) is 0.689. The van der Waals surface area contributed by atoms with Crippen LogP contribution in [0, 0.1) is 6.92 Å². The van der Waals surface area contributed by atoms with Gasteiger partial charge in [-0.2, -0.15) is 0 Å². The fourth-order valence-electron chi connectivity index (χ4n) is 1.47. The molecule has 0 aromatic carbocycles. The molecule has 1 aromatic rings. The highest BCUT2D eigenvalue weighted by molar-refractivity contribution is 9.12. The van der Waals surface area contributed by atoms with Crippen LogP contribution in [0.15, 0.2) is 16.8 Å². The Balaban J connectivity index is 2.82. The number of Topliss-reactive ketones (excluding diaryl/α,β-unsaturated/α-hetero) is 1. The first-order chi connectivity index (χ1) is 7.02. The molecule has 0 saturated carbocycles. The number of rotatable bonds is 0. The van der Waals surface area contributed by atoms with E-state index in [-0.39, 0.29) is 26.8 Å². The van der Waals surface area contributed by atoms with Crippen molar-refractivity contribution in [3.63, 3.8) is 0 Å². The number of carbonyl (C=O) groups is 2. The molecule has 0 saturated heterocycles. The molecule has 1 aliphatic rings. The summed E-state index contributed by atoms with van der Waals surface area (Å²) in [6.07, 6.45) is 2.70. The van der Waals surface area contributed by atoms with E-state index in [2.05, 4.69) is 20.9 Å². The first-order valence-electron chi connectivity index (χ1n) is 4.13. The maximum absolute atomic E-state index is 11.8. The van der Waals surface area contributed by atoms with Crippen molar-refractivity contribution in [3.8, 4) is 0 Å². The molecule has 0 amide bonds. The average Bonchev–Trinajstić information content (AvgIpc) is 2.18. The molecule has 2 rings (SSSR count). The van der Waals surface area contributed by atoms with Crippen LogP contribution in [0.25, 0.3) is 0 Å². The van der Waals surface area contributed by atoms with Crippen LogP contribution in [0.4, 0.5) is 0 Å². The summed E-state index contributed by atoms with van der Waals surface area (Å²) in [7, 11) is 0. The monoisotopic (exact) mass is 285 g/mol. The summed E-state index contributed by atoms with van der Waals surface area (Å²) < 4.78 is 0.255. The van der Waals surface area contributed by atoms with E-state index in [1.807, 2.05) is 0 Å². The van der Waals surface area contributed by atoms with Crippen molar-refractivity contribution < 1.29 is 9.59 Å². The van der Waals surface area contributed by atoms with Crippen LogP contribution in [-0.2, 0) is 0 Å². The second-order valence-electron chi connectivity index (χ2n) is 3.17. The lowest BCUT2D eigenvalue weighted by molar-refractivity contribution is 0.0991. The highest BCUT2D eigenvalue weighted by Gasteiger charge is 2.28. The van der Waals surface area contributed by atoms with Gasteiger partial charge in [-0.25, -0.2) is 4.98 Å². The third-order valence-corrected chi connectivity index (χ3v) is 3.05. The molecular formula is C10H5BrClNO2. The van der Waals surface area contributed by atoms with Gasteiger partial charge >= 0.3 is 0 Å². The molecule has 0 radical (unpaired) electrons. The predicted molar refractivity (Wildman–Crippen MR) is 59.7 cm³/mol. The number of fused-ring (bicyclic) bond motifs is 1. The Morgan fingerprint density at radius 2 is 2.00 bits per heavy atom. The van der Waals surface area contributed by atoms with E-state index in [9.17, 15) is 9.59 Å². The van der Waals surface area contributed by atoms with Gasteiger partial charge in [0.25, 0.3) is 0 Å². The molecule has 0 N–H and O–H groups in total. The topological polar surface area (TPSA) is 47.0 Å². The maximum Gasteiger partial charge on any atom is 0.201 e. The maximum atomic E-state index is 11.8. The molecule has 1 aliphatic carbocycles. The fourth-order valence-corrected chi connectivity index (χ4v) is 2.12. The first kappa shape index (κ1) is 10.5. The Hall–Kier alpha value is -1.00. The van der Waals surface area contributed by atoms with E-state index in [1.165, 1.54) is 12.3 Å². The van der Waals surface area contributed by atoms with Crippen molar-refractivity contribution in [1.29, 1.82) is 0 Å². The summed E-state index contributed by atoms with van der Waals surface area (Å²) in [5, 5.41) is 0.0743. The lowest BCUT2D eigenvalue weighted by Gasteiger charge is -2.14. The second kappa shape index (κ2) is 3.54. The van der Waals surface area contributed by atoms with Crippen LogP contribution < -0.4 is 0 Å². The van der Waals surface area contributed by atoms with Crippen molar-refractivity contribution in [1.82, 2.24) is 4.98 Å². The molecule has 3 nitrogen and oxygen atoms in total. The number of nitrogens with zero attached hydrogens (tertiary/aromatic N) is 1. The Bertz CT molecular complexity index is 522. The van der Waals surface area contributed by atoms with Crippen molar-refractivity contribution in [2.45, 2.75) is 6.92 Å².